The summed E-state index contributed by atoms with van der Waals surface area (Å²) in [6.07, 6.45) is 1.61. The lowest BCUT2D eigenvalue weighted by molar-refractivity contribution is 0.285. The highest BCUT2D eigenvalue weighted by molar-refractivity contribution is 7.49. The number of fused-ring (bicyclic) bond motifs is 1. The van der Waals surface area contributed by atoms with Crippen LogP contribution in [-0.2, 0) is 9.09 Å². The average molecular weight is 403 g/mol. The third kappa shape index (κ3) is 4.65. The molecule has 4 aromatic rings. The minimum Gasteiger partial charge on any atom is -0.386 e. The Morgan fingerprint density at radius 2 is 1.34 bits per heavy atom. The minimum atomic E-state index is -4.07. The fourth-order valence-corrected chi connectivity index (χ4v) is 3.93. The third-order valence-electron chi connectivity index (χ3n) is 4.06. The first kappa shape index (κ1) is 18.8. The molecular weight excluding hydrogens is 385 g/mol. The average Bonchev–Trinajstić information content (AvgIpc) is 2.74. The van der Waals surface area contributed by atoms with Crippen molar-refractivity contribution in [1.82, 2.24) is 4.98 Å². The zero-order valence-corrected chi connectivity index (χ0v) is 16.4. The largest absolute Gasteiger partial charge is 0.647 e. The van der Waals surface area contributed by atoms with Gasteiger partial charge in [0.25, 0.3) is 0 Å². The number of hydrogen-bond acceptors (Lipinski definition) is 5. The van der Waals surface area contributed by atoms with E-state index in [2.05, 4.69) is 11.6 Å². The summed E-state index contributed by atoms with van der Waals surface area (Å²) in [5.74, 6) is 0.853. The van der Waals surface area contributed by atoms with Crippen LogP contribution in [0.2, 0.25) is 0 Å². The zero-order valence-electron chi connectivity index (χ0n) is 15.5. The van der Waals surface area contributed by atoms with E-state index in [1.165, 1.54) is 0 Å². The van der Waals surface area contributed by atoms with Crippen LogP contribution in [0, 0.1) is 0 Å². The maximum absolute atomic E-state index is 13.5. The first-order valence-electron chi connectivity index (χ1n) is 8.94. The van der Waals surface area contributed by atoms with Gasteiger partial charge in [0.05, 0.1) is 5.52 Å². The molecule has 6 heteroatoms. The van der Waals surface area contributed by atoms with Crippen LogP contribution in [0.5, 0.6) is 11.5 Å². The quantitative estimate of drug-likeness (QED) is 0.261. The highest BCUT2D eigenvalue weighted by atomic mass is 31.2. The van der Waals surface area contributed by atoms with Gasteiger partial charge in [-0.25, -0.2) is 0 Å². The molecule has 0 fully saturated rings. The Hall–Kier alpha value is -3.56. The predicted molar refractivity (Wildman–Crippen MR) is 114 cm³/mol. The van der Waals surface area contributed by atoms with E-state index in [1.54, 1.807) is 54.7 Å². The molecule has 0 unspecified atom stereocenters. The van der Waals surface area contributed by atoms with E-state index in [9.17, 15) is 4.57 Å². The Labute approximate surface area is 168 Å². The lowest BCUT2D eigenvalue weighted by Gasteiger charge is -2.20. The summed E-state index contributed by atoms with van der Waals surface area (Å²) < 4.78 is 30.3. The molecule has 1 heterocycles. The molecule has 0 aliphatic heterocycles. The van der Waals surface area contributed by atoms with E-state index in [0.29, 0.717) is 17.1 Å². The second kappa shape index (κ2) is 8.21. The lowest BCUT2D eigenvalue weighted by Crippen LogP contribution is -2.05. The molecular formula is C23H18NO4P. The minimum absolute atomic E-state index is 0.137. The Morgan fingerprint density at radius 1 is 0.793 bits per heavy atom. The molecule has 0 saturated heterocycles. The number of hydrogen-bond donors (Lipinski definition) is 0. The van der Waals surface area contributed by atoms with Gasteiger partial charge in [-0.05, 0) is 36.4 Å². The number of benzene rings is 3. The summed E-state index contributed by atoms with van der Waals surface area (Å²) >= 11 is 0. The molecule has 0 aliphatic carbocycles. The number of rotatable bonds is 7. The molecule has 0 aliphatic rings. The van der Waals surface area contributed by atoms with Gasteiger partial charge in [-0.15, -0.1) is 0 Å². The second-order valence-corrected chi connectivity index (χ2v) is 7.63. The van der Waals surface area contributed by atoms with Crippen molar-refractivity contribution in [2.24, 2.45) is 0 Å². The molecule has 0 spiro atoms. The van der Waals surface area contributed by atoms with Crippen LogP contribution in [0.25, 0.3) is 16.7 Å². The number of nitrogens with zero attached hydrogens (tertiary/aromatic N) is 1. The summed E-state index contributed by atoms with van der Waals surface area (Å²) in [5.41, 5.74) is 1.42. The van der Waals surface area contributed by atoms with Gasteiger partial charge in [-0.1, -0.05) is 61.2 Å². The van der Waals surface area contributed by atoms with Crippen molar-refractivity contribution in [2.45, 2.75) is 0 Å². The first-order valence-corrected chi connectivity index (χ1v) is 10.4. The zero-order chi connectivity index (χ0) is 20.1. The van der Waals surface area contributed by atoms with Crippen LogP contribution in [-0.4, -0.2) is 4.98 Å². The first-order chi connectivity index (χ1) is 14.1. The number of aromatic nitrogens is 1. The van der Waals surface area contributed by atoms with Gasteiger partial charge < -0.3 is 13.6 Å². The molecule has 144 valence electrons. The molecule has 0 saturated carbocycles. The summed E-state index contributed by atoms with van der Waals surface area (Å²) in [6, 6.07) is 26.9. The van der Waals surface area contributed by atoms with Crippen molar-refractivity contribution < 1.29 is 18.1 Å². The molecule has 1 aromatic heterocycles. The fraction of sp³-hybridized carbons (Fsp3) is 0. The number of pyridine rings is 1. The van der Waals surface area contributed by atoms with E-state index in [-0.39, 0.29) is 5.76 Å². The van der Waals surface area contributed by atoms with Crippen molar-refractivity contribution in [3.05, 3.63) is 109 Å². The summed E-state index contributed by atoms with van der Waals surface area (Å²) in [7, 11) is -4.07. The van der Waals surface area contributed by atoms with Gasteiger partial charge in [-0.3, -0.25) is 4.98 Å². The van der Waals surface area contributed by atoms with Crippen LogP contribution in [0.15, 0.2) is 104 Å². The van der Waals surface area contributed by atoms with Crippen LogP contribution in [0.4, 0.5) is 0 Å². The Kier molecular flexibility index (Phi) is 5.32. The number of phosphoric acid groups is 1. The summed E-state index contributed by atoms with van der Waals surface area (Å²) in [5, 5.41) is 0.914. The highest BCUT2D eigenvalue weighted by Crippen LogP contribution is 2.52. The van der Waals surface area contributed by atoms with Gasteiger partial charge in [0.2, 0.25) is 0 Å². The predicted octanol–water partition coefficient (Wildman–Crippen LogP) is 6.49. The number of para-hydroxylation sites is 3. The molecule has 0 atom stereocenters. The Bertz CT molecular complexity index is 1130. The molecule has 5 nitrogen and oxygen atoms in total. The molecule has 0 N–H and O–H groups in total. The maximum atomic E-state index is 13.5. The topological polar surface area (TPSA) is 57.7 Å². The fourth-order valence-electron chi connectivity index (χ4n) is 2.69. The van der Waals surface area contributed by atoms with Crippen LogP contribution >= 0.6 is 7.82 Å². The normalized spacial score (nSPS) is 11.0. The van der Waals surface area contributed by atoms with Crippen LogP contribution < -0.4 is 9.05 Å². The van der Waals surface area contributed by atoms with Crippen molar-refractivity contribution in [1.29, 1.82) is 0 Å². The van der Waals surface area contributed by atoms with Gasteiger partial charge in [0, 0.05) is 17.1 Å². The molecule has 4 rings (SSSR count). The maximum Gasteiger partial charge on any atom is 0.647 e. The van der Waals surface area contributed by atoms with E-state index < -0.39 is 7.82 Å². The van der Waals surface area contributed by atoms with Gasteiger partial charge in [0.15, 0.2) is 0 Å². The molecule has 3 aromatic carbocycles. The van der Waals surface area contributed by atoms with Crippen LogP contribution in [0.3, 0.4) is 0 Å². The standard InChI is InChI=1S/C23H18NO4P/c1-18(20-16-19-10-8-9-15-23(19)24-17-20)26-29(25,27-21-11-4-2-5-12-21)28-22-13-6-3-7-14-22/h2-17H,1H2. The SMILES string of the molecule is C=C(OP(=O)(Oc1ccccc1)Oc1ccccc1)c1cnc2ccccc2c1. The smallest absolute Gasteiger partial charge is 0.386 e. The van der Waals surface area contributed by atoms with Crippen LogP contribution in [0.1, 0.15) is 5.56 Å². The van der Waals surface area contributed by atoms with Crippen molar-refractivity contribution in [3.8, 4) is 11.5 Å². The van der Waals surface area contributed by atoms with Gasteiger partial charge in [0.1, 0.15) is 17.3 Å². The third-order valence-corrected chi connectivity index (χ3v) is 5.37. The summed E-state index contributed by atoms with van der Waals surface area (Å²) in [6.45, 7) is 3.91. The molecule has 29 heavy (non-hydrogen) atoms. The van der Waals surface area contributed by atoms with Crippen molar-refractivity contribution in [3.63, 3.8) is 0 Å². The van der Waals surface area contributed by atoms with Gasteiger partial charge in [-0.2, -0.15) is 4.57 Å². The molecule has 0 radical (unpaired) electrons. The number of phosphoric ester groups is 1. The lowest BCUT2D eigenvalue weighted by atomic mass is 10.1. The molecule has 0 amide bonds. The van der Waals surface area contributed by atoms with E-state index >= 15 is 0 Å². The second-order valence-electron chi connectivity index (χ2n) is 6.19. The van der Waals surface area contributed by atoms with Crippen molar-refractivity contribution >= 4 is 24.5 Å². The van der Waals surface area contributed by atoms with E-state index in [1.807, 2.05) is 42.5 Å². The Morgan fingerprint density at radius 3 is 1.97 bits per heavy atom. The Balaban J connectivity index is 1.62. The van der Waals surface area contributed by atoms with Crippen molar-refractivity contribution in [2.75, 3.05) is 0 Å². The van der Waals surface area contributed by atoms with E-state index in [4.69, 9.17) is 13.6 Å². The monoisotopic (exact) mass is 403 g/mol. The molecule has 0 bridgehead atoms. The van der Waals surface area contributed by atoms with Gasteiger partial charge >= 0.3 is 7.82 Å². The highest BCUT2D eigenvalue weighted by Gasteiger charge is 2.34. The summed E-state index contributed by atoms with van der Waals surface area (Å²) in [4.78, 5) is 4.39. The van der Waals surface area contributed by atoms with E-state index in [0.717, 1.165) is 10.9 Å².